The van der Waals surface area contributed by atoms with Crippen LogP contribution in [0.15, 0.2) is 48.5 Å². The van der Waals surface area contributed by atoms with Crippen molar-refractivity contribution in [1.82, 2.24) is 4.90 Å². The Morgan fingerprint density at radius 3 is 2.48 bits per heavy atom. The van der Waals surface area contributed by atoms with Gasteiger partial charge in [-0.15, -0.1) is 0 Å². The molecule has 6 nitrogen and oxygen atoms in total. The van der Waals surface area contributed by atoms with Gasteiger partial charge in [0.25, 0.3) is 5.91 Å². The number of nitrogens with zero attached hydrogens (tertiary/aromatic N) is 1. The van der Waals surface area contributed by atoms with Gasteiger partial charge < -0.3 is 19.7 Å². The lowest BCUT2D eigenvalue weighted by molar-refractivity contribution is -0.121. The molecule has 142 valence electrons. The van der Waals surface area contributed by atoms with E-state index in [1.54, 1.807) is 30.2 Å². The third-order valence-corrected chi connectivity index (χ3v) is 4.75. The highest BCUT2D eigenvalue weighted by Gasteiger charge is 2.29. The molecule has 0 aromatic heterocycles. The molecule has 1 saturated heterocycles. The number of likely N-dealkylation sites (tertiary alicyclic amines) is 1. The lowest BCUT2D eigenvalue weighted by Gasteiger charge is -2.32. The zero-order valence-electron chi connectivity index (χ0n) is 15.6. The fourth-order valence-electron chi connectivity index (χ4n) is 3.29. The van der Waals surface area contributed by atoms with Gasteiger partial charge in [0.05, 0.1) is 20.1 Å². The Morgan fingerprint density at radius 2 is 1.78 bits per heavy atom. The van der Waals surface area contributed by atoms with Gasteiger partial charge in [-0.3, -0.25) is 9.59 Å². The predicted octanol–water partition coefficient (Wildman–Crippen LogP) is 3.19. The molecule has 0 aliphatic carbocycles. The van der Waals surface area contributed by atoms with Crippen molar-refractivity contribution < 1.29 is 19.1 Å². The molecule has 0 saturated carbocycles. The zero-order valence-corrected chi connectivity index (χ0v) is 15.6. The first-order valence-corrected chi connectivity index (χ1v) is 8.99. The molecule has 0 spiro atoms. The number of hydrogen-bond donors (Lipinski definition) is 1. The van der Waals surface area contributed by atoms with Crippen LogP contribution in [-0.4, -0.2) is 44.0 Å². The first-order chi connectivity index (χ1) is 13.1. The molecule has 1 unspecified atom stereocenters. The number of nitrogens with one attached hydrogen (secondary N) is 1. The molecule has 3 rings (SSSR count). The molecule has 1 aliphatic heterocycles. The predicted molar refractivity (Wildman–Crippen MR) is 103 cm³/mol. The number of carbonyl (C=O) groups excluding carboxylic acids is 2. The molecule has 0 radical (unpaired) electrons. The van der Waals surface area contributed by atoms with Crippen LogP contribution in [0, 0.1) is 5.92 Å². The Balaban J connectivity index is 1.68. The molecule has 6 heteroatoms. The molecule has 1 atom stereocenters. The maximum Gasteiger partial charge on any atom is 0.254 e. The van der Waals surface area contributed by atoms with Crippen LogP contribution in [0.4, 0.5) is 5.69 Å². The van der Waals surface area contributed by atoms with Crippen LogP contribution in [0.25, 0.3) is 0 Å². The summed E-state index contributed by atoms with van der Waals surface area (Å²) in [6.45, 7) is 1.05. The summed E-state index contributed by atoms with van der Waals surface area (Å²) in [6.07, 6.45) is 1.57. The maximum atomic E-state index is 12.9. The average molecular weight is 368 g/mol. The van der Waals surface area contributed by atoms with Crippen LogP contribution in [0.5, 0.6) is 11.5 Å². The van der Waals surface area contributed by atoms with E-state index in [1.165, 1.54) is 7.11 Å². The molecule has 2 amide bonds. The van der Waals surface area contributed by atoms with Gasteiger partial charge in [-0.05, 0) is 43.2 Å². The lowest BCUT2D eigenvalue weighted by Crippen LogP contribution is -2.43. The Bertz CT molecular complexity index is 807. The van der Waals surface area contributed by atoms with Gasteiger partial charge in [0.15, 0.2) is 11.5 Å². The molecule has 2 aromatic rings. The van der Waals surface area contributed by atoms with Crippen molar-refractivity contribution in [3.05, 3.63) is 54.1 Å². The van der Waals surface area contributed by atoms with Gasteiger partial charge in [0.1, 0.15) is 0 Å². The monoisotopic (exact) mass is 368 g/mol. The summed E-state index contributed by atoms with van der Waals surface area (Å²) in [5.41, 5.74) is 1.29. The molecule has 27 heavy (non-hydrogen) atoms. The maximum absolute atomic E-state index is 12.9. The molecule has 1 aliphatic rings. The van der Waals surface area contributed by atoms with E-state index in [1.807, 2.05) is 30.3 Å². The van der Waals surface area contributed by atoms with Crippen molar-refractivity contribution in [3.8, 4) is 11.5 Å². The van der Waals surface area contributed by atoms with E-state index in [2.05, 4.69) is 5.32 Å². The van der Waals surface area contributed by atoms with Crippen LogP contribution in [-0.2, 0) is 4.79 Å². The second-order valence-electron chi connectivity index (χ2n) is 6.52. The highest BCUT2D eigenvalue weighted by Crippen LogP contribution is 2.29. The van der Waals surface area contributed by atoms with Gasteiger partial charge in [-0.25, -0.2) is 0 Å². The van der Waals surface area contributed by atoms with Gasteiger partial charge in [0.2, 0.25) is 5.91 Å². The second kappa shape index (κ2) is 8.58. The van der Waals surface area contributed by atoms with Crippen LogP contribution in [0.3, 0.4) is 0 Å². The van der Waals surface area contributed by atoms with Crippen LogP contribution in [0.1, 0.15) is 23.2 Å². The van der Waals surface area contributed by atoms with Gasteiger partial charge in [-0.1, -0.05) is 18.2 Å². The lowest BCUT2D eigenvalue weighted by atomic mass is 9.96. The summed E-state index contributed by atoms with van der Waals surface area (Å²) >= 11 is 0. The van der Waals surface area contributed by atoms with Crippen molar-refractivity contribution in [1.29, 1.82) is 0 Å². The molecular weight excluding hydrogens is 344 g/mol. The number of para-hydroxylation sites is 1. The molecule has 1 N–H and O–H groups in total. The summed E-state index contributed by atoms with van der Waals surface area (Å²) in [4.78, 5) is 27.2. The first kappa shape index (κ1) is 18.8. The minimum absolute atomic E-state index is 0.0500. The van der Waals surface area contributed by atoms with Gasteiger partial charge in [-0.2, -0.15) is 0 Å². The second-order valence-corrected chi connectivity index (χ2v) is 6.52. The van der Waals surface area contributed by atoms with E-state index in [4.69, 9.17) is 9.47 Å². The number of amides is 2. The normalized spacial score (nSPS) is 16.5. The molecule has 0 bridgehead atoms. The Morgan fingerprint density at radius 1 is 1.04 bits per heavy atom. The fourth-order valence-corrected chi connectivity index (χ4v) is 3.29. The SMILES string of the molecule is COc1ccc(C(=O)N2CCCC(C(=O)Nc3ccccc3)C2)cc1OC. The smallest absolute Gasteiger partial charge is 0.254 e. The minimum atomic E-state index is -0.219. The summed E-state index contributed by atoms with van der Waals surface area (Å²) < 4.78 is 10.5. The Kier molecular flexibility index (Phi) is 5.96. The van der Waals surface area contributed by atoms with Gasteiger partial charge in [0, 0.05) is 24.3 Å². The molecule has 1 heterocycles. The molecular formula is C21H24N2O4. The quantitative estimate of drug-likeness (QED) is 0.880. The van der Waals surface area contributed by atoms with Crippen molar-refractivity contribution in [3.63, 3.8) is 0 Å². The number of piperidine rings is 1. The third kappa shape index (κ3) is 4.39. The van der Waals surface area contributed by atoms with Crippen molar-refractivity contribution in [2.24, 2.45) is 5.92 Å². The third-order valence-electron chi connectivity index (χ3n) is 4.75. The van der Waals surface area contributed by atoms with E-state index in [0.717, 1.165) is 18.5 Å². The van der Waals surface area contributed by atoms with Crippen molar-refractivity contribution >= 4 is 17.5 Å². The van der Waals surface area contributed by atoms with Crippen molar-refractivity contribution in [2.75, 3.05) is 32.6 Å². The van der Waals surface area contributed by atoms with E-state index in [0.29, 0.717) is 30.2 Å². The van der Waals surface area contributed by atoms with E-state index in [9.17, 15) is 9.59 Å². The Hall–Kier alpha value is -3.02. The number of methoxy groups -OCH3 is 2. The van der Waals surface area contributed by atoms with E-state index < -0.39 is 0 Å². The summed E-state index contributed by atoms with van der Waals surface area (Å²) in [5.74, 6) is 0.716. The largest absolute Gasteiger partial charge is 0.493 e. The topological polar surface area (TPSA) is 67.9 Å². The van der Waals surface area contributed by atoms with Crippen LogP contribution in [0.2, 0.25) is 0 Å². The summed E-state index contributed by atoms with van der Waals surface area (Å²) in [6, 6.07) is 14.5. The van der Waals surface area contributed by atoms with Gasteiger partial charge >= 0.3 is 0 Å². The summed E-state index contributed by atoms with van der Waals surface area (Å²) in [5, 5.41) is 2.93. The van der Waals surface area contributed by atoms with E-state index in [-0.39, 0.29) is 17.7 Å². The number of carbonyl (C=O) groups is 2. The van der Waals surface area contributed by atoms with E-state index >= 15 is 0 Å². The first-order valence-electron chi connectivity index (χ1n) is 8.99. The average Bonchev–Trinajstić information content (AvgIpc) is 2.73. The fraction of sp³-hybridized carbons (Fsp3) is 0.333. The number of ether oxygens (including phenoxy) is 2. The summed E-state index contributed by atoms with van der Waals surface area (Å²) in [7, 11) is 3.09. The number of anilines is 1. The number of benzene rings is 2. The zero-order chi connectivity index (χ0) is 19.2. The molecule has 2 aromatic carbocycles. The highest BCUT2D eigenvalue weighted by molar-refractivity contribution is 5.96. The van der Waals surface area contributed by atoms with Crippen molar-refractivity contribution in [2.45, 2.75) is 12.8 Å². The number of rotatable bonds is 5. The highest BCUT2D eigenvalue weighted by atomic mass is 16.5. The standard InChI is InChI=1S/C21H24N2O4/c1-26-18-11-10-15(13-19(18)27-2)21(25)23-12-6-7-16(14-23)20(24)22-17-8-4-3-5-9-17/h3-5,8-11,13,16H,6-7,12,14H2,1-2H3,(H,22,24). The van der Waals surface area contributed by atoms with Crippen LogP contribution < -0.4 is 14.8 Å². The number of hydrogen-bond acceptors (Lipinski definition) is 4. The Labute approximate surface area is 159 Å². The van der Waals surface area contributed by atoms with Crippen LogP contribution >= 0.6 is 0 Å². The molecule has 1 fully saturated rings. The minimum Gasteiger partial charge on any atom is -0.493 e.